The Hall–Kier alpha value is -4.35. The fraction of sp³-hybridized carbons (Fsp3) is 0.280. The number of nitrogens with one attached hydrogen (secondary N) is 2. The highest BCUT2D eigenvalue weighted by Crippen LogP contribution is 2.40. The van der Waals surface area contributed by atoms with E-state index in [0.717, 1.165) is 5.01 Å². The predicted molar refractivity (Wildman–Crippen MR) is 129 cm³/mol. The number of aromatic amines is 1. The maximum atomic E-state index is 14.4. The Kier molecular flexibility index (Phi) is 6.22. The van der Waals surface area contributed by atoms with Crippen LogP contribution in [0.2, 0.25) is 0 Å². The van der Waals surface area contributed by atoms with E-state index in [9.17, 15) is 27.6 Å². The van der Waals surface area contributed by atoms with Crippen LogP contribution in [0.4, 0.5) is 23.7 Å². The number of hydrogen-bond donors (Lipinski definition) is 2. The number of rotatable bonds is 4. The molecule has 0 fully saturated rings. The number of halogens is 3. The summed E-state index contributed by atoms with van der Waals surface area (Å²) >= 11 is 0. The van der Waals surface area contributed by atoms with Crippen LogP contribution in [0.1, 0.15) is 39.0 Å². The number of anilines is 1. The minimum atomic E-state index is -5.10. The molecule has 1 aromatic heterocycles. The van der Waals surface area contributed by atoms with Crippen LogP contribution >= 0.6 is 0 Å². The summed E-state index contributed by atoms with van der Waals surface area (Å²) in [5, 5.41) is 9.37. The topological polar surface area (TPSA) is 109 Å². The van der Waals surface area contributed by atoms with Gasteiger partial charge in [0.2, 0.25) is 0 Å². The first-order chi connectivity index (χ1) is 17.3. The predicted octanol–water partition coefficient (Wildman–Crippen LogP) is 4.33. The number of alkyl carbamates (subject to hydrolysis) is 1. The van der Waals surface area contributed by atoms with Crippen molar-refractivity contribution in [1.29, 1.82) is 0 Å². The average molecular weight is 515 g/mol. The van der Waals surface area contributed by atoms with Gasteiger partial charge in [0.15, 0.2) is 5.54 Å². The molecule has 0 radical (unpaired) electrons. The zero-order chi connectivity index (χ0) is 27.2. The number of ether oxygens (including phenoxy) is 1. The number of hydrazone groups is 1. The van der Waals surface area contributed by atoms with E-state index in [-0.39, 0.29) is 17.1 Å². The Balaban J connectivity index is 2.00. The molecule has 0 saturated carbocycles. The van der Waals surface area contributed by atoms with Crippen molar-refractivity contribution in [1.82, 2.24) is 15.1 Å². The van der Waals surface area contributed by atoms with Crippen LogP contribution in [0.5, 0.6) is 0 Å². The van der Waals surface area contributed by atoms with E-state index >= 15 is 0 Å². The molecule has 0 aliphatic carbocycles. The summed E-state index contributed by atoms with van der Waals surface area (Å²) < 4.78 is 49.0. The number of alkyl halides is 3. The second kappa shape index (κ2) is 8.95. The number of H-pyrrole nitrogens is 1. The molecule has 2 heterocycles. The molecule has 194 valence electrons. The van der Waals surface area contributed by atoms with Crippen molar-refractivity contribution in [2.75, 3.05) is 5.01 Å². The molecule has 1 aliphatic heterocycles. The second-order valence-corrected chi connectivity index (χ2v) is 9.35. The highest BCUT2D eigenvalue weighted by Gasteiger charge is 2.59. The van der Waals surface area contributed by atoms with Gasteiger partial charge in [-0.2, -0.15) is 23.3 Å². The van der Waals surface area contributed by atoms with Gasteiger partial charge < -0.3 is 4.74 Å². The smallest absolute Gasteiger partial charge is 0.433 e. The van der Waals surface area contributed by atoms with Crippen molar-refractivity contribution in [2.45, 2.75) is 45.0 Å². The lowest BCUT2D eigenvalue weighted by molar-refractivity contribution is -0.142. The van der Waals surface area contributed by atoms with Gasteiger partial charge >= 0.3 is 12.3 Å². The Bertz CT molecular complexity index is 1420. The number of benzene rings is 2. The Morgan fingerprint density at radius 1 is 0.973 bits per heavy atom. The normalized spacial score (nSPS) is 18.1. The van der Waals surface area contributed by atoms with E-state index in [1.54, 1.807) is 45.0 Å². The van der Waals surface area contributed by atoms with Crippen molar-refractivity contribution in [3.8, 4) is 5.69 Å². The van der Waals surface area contributed by atoms with Gasteiger partial charge in [0, 0.05) is 0 Å². The van der Waals surface area contributed by atoms with Gasteiger partial charge in [-0.3, -0.25) is 20.0 Å². The minimum absolute atomic E-state index is 0.0941. The molecule has 0 spiro atoms. The Morgan fingerprint density at radius 2 is 1.51 bits per heavy atom. The van der Waals surface area contributed by atoms with Gasteiger partial charge in [0.25, 0.3) is 11.5 Å². The molecule has 37 heavy (non-hydrogen) atoms. The highest BCUT2D eigenvalue weighted by molar-refractivity contribution is 6.23. The first-order valence-corrected chi connectivity index (χ1v) is 11.2. The van der Waals surface area contributed by atoms with E-state index in [2.05, 4.69) is 15.5 Å². The average Bonchev–Trinajstić information content (AvgIpc) is 3.29. The molecule has 0 bridgehead atoms. The molecular weight excluding hydrogens is 491 g/mol. The van der Waals surface area contributed by atoms with E-state index in [4.69, 9.17) is 4.74 Å². The van der Waals surface area contributed by atoms with Gasteiger partial charge in [-0.1, -0.05) is 36.4 Å². The van der Waals surface area contributed by atoms with Crippen LogP contribution < -0.4 is 15.9 Å². The van der Waals surface area contributed by atoms with Crippen molar-refractivity contribution in [2.24, 2.45) is 5.10 Å². The summed E-state index contributed by atoms with van der Waals surface area (Å²) in [6, 6.07) is 15.5. The third-order valence-corrected chi connectivity index (χ3v) is 5.56. The van der Waals surface area contributed by atoms with Crippen LogP contribution in [0.3, 0.4) is 0 Å². The zero-order valence-electron chi connectivity index (χ0n) is 20.4. The van der Waals surface area contributed by atoms with Crippen LogP contribution in [0.15, 0.2) is 70.6 Å². The zero-order valence-corrected chi connectivity index (χ0v) is 20.4. The highest BCUT2D eigenvalue weighted by atomic mass is 19.4. The summed E-state index contributed by atoms with van der Waals surface area (Å²) in [6.07, 6.45) is -6.30. The summed E-state index contributed by atoms with van der Waals surface area (Å²) in [6.45, 7) is 5.91. The van der Waals surface area contributed by atoms with Crippen LogP contribution in [0, 0.1) is 0 Å². The lowest BCUT2D eigenvalue weighted by Gasteiger charge is -2.30. The Labute approximate surface area is 209 Å². The van der Waals surface area contributed by atoms with Crippen LogP contribution in [-0.4, -0.2) is 33.1 Å². The molecule has 3 aromatic rings. The number of carbonyl (C=O) groups is 2. The van der Waals surface area contributed by atoms with E-state index in [1.165, 1.54) is 43.3 Å². The largest absolute Gasteiger partial charge is 0.444 e. The lowest BCUT2D eigenvalue weighted by atomic mass is 9.85. The number of amides is 2. The number of para-hydroxylation sites is 2. The molecule has 12 heteroatoms. The monoisotopic (exact) mass is 515 g/mol. The summed E-state index contributed by atoms with van der Waals surface area (Å²) in [4.78, 5) is 40.5. The fourth-order valence-electron chi connectivity index (χ4n) is 4.03. The molecule has 2 N–H and O–H groups in total. The van der Waals surface area contributed by atoms with Crippen molar-refractivity contribution >= 4 is 23.4 Å². The molecule has 0 saturated heterocycles. The van der Waals surface area contributed by atoms with Crippen LogP contribution in [-0.2, 0) is 21.2 Å². The minimum Gasteiger partial charge on any atom is -0.444 e. The van der Waals surface area contributed by atoms with Crippen LogP contribution in [0.25, 0.3) is 5.69 Å². The van der Waals surface area contributed by atoms with E-state index in [1.807, 2.05) is 0 Å². The van der Waals surface area contributed by atoms with Gasteiger partial charge in [-0.05, 0) is 52.0 Å². The van der Waals surface area contributed by atoms with Gasteiger partial charge in [-0.15, -0.1) is 0 Å². The molecule has 2 aromatic carbocycles. The fourth-order valence-corrected chi connectivity index (χ4v) is 4.03. The second-order valence-electron chi connectivity index (χ2n) is 9.35. The summed E-state index contributed by atoms with van der Waals surface area (Å²) in [5.41, 5.74) is -7.32. The first kappa shape index (κ1) is 25.7. The molecule has 9 nitrogen and oxygen atoms in total. The van der Waals surface area contributed by atoms with Gasteiger partial charge in [0.05, 0.1) is 22.6 Å². The van der Waals surface area contributed by atoms with Gasteiger partial charge in [0.1, 0.15) is 11.3 Å². The first-order valence-electron chi connectivity index (χ1n) is 11.2. The molecular formula is C25H24F3N5O4. The number of nitrogens with zero attached hydrogens (tertiary/aromatic N) is 3. The standard InChI is InChI=1S/C25H24F3N5O4/c1-15-24(29-22(36)37-23(2,3)4,21(35)33(30-15)17-13-9-6-10-14-17)18-19(25(26,27)28)31-32(20(18)34)16-11-7-5-8-12-16/h5-14,31H,1-4H3,(H,29,36)/t24-/m1/s1. The quantitative estimate of drug-likeness (QED) is 0.539. The van der Waals surface area contributed by atoms with Crippen molar-refractivity contribution in [3.63, 3.8) is 0 Å². The van der Waals surface area contributed by atoms with Crippen molar-refractivity contribution < 1.29 is 27.5 Å². The third kappa shape index (κ3) is 4.61. The number of aromatic nitrogens is 2. The maximum absolute atomic E-state index is 14.4. The molecule has 0 unspecified atom stereocenters. The third-order valence-electron chi connectivity index (χ3n) is 5.56. The summed E-state index contributed by atoms with van der Waals surface area (Å²) in [7, 11) is 0. The number of hydrogen-bond acceptors (Lipinski definition) is 5. The Morgan fingerprint density at radius 3 is 2.03 bits per heavy atom. The molecule has 1 aliphatic rings. The number of carbonyl (C=O) groups excluding carboxylic acids is 2. The lowest BCUT2D eigenvalue weighted by Crippen LogP contribution is -2.59. The molecule has 1 atom stereocenters. The van der Waals surface area contributed by atoms with E-state index in [0.29, 0.717) is 4.68 Å². The van der Waals surface area contributed by atoms with Crippen molar-refractivity contribution in [3.05, 3.63) is 82.3 Å². The SMILES string of the molecule is CC1=NN(c2ccccc2)C(=O)[C@]1(NC(=O)OC(C)(C)C)c1c(C(F)(F)F)[nH]n(-c2ccccc2)c1=O. The maximum Gasteiger partial charge on any atom is 0.433 e. The summed E-state index contributed by atoms with van der Waals surface area (Å²) in [5.74, 6) is -1.08. The van der Waals surface area contributed by atoms with E-state index < -0.39 is 46.1 Å². The molecule has 2 amide bonds. The molecule has 4 rings (SSSR count). The van der Waals surface area contributed by atoms with Gasteiger partial charge in [-0.25, -0.2) is 9.48 Å².